The van der Waals surface area contributed by atoms with Crippen LogP contribution in [0.25, 0.3) is 0 Å². The van der Waals surface area contributed by atoms with Crippen LogP contribution in [0.2, 0.25) is 5.02 Å². The molecule has 0 saturated heterocycles. The highest BCUT2D eigenvalue weighted by Crippen LogP contribution is 2.27. The van der Waals surface area contributed by atoms with Crippen molar-refractivity contribution in [2.45, 2.75) is 6.92 Å². The molecule has 0 aliphatic carbocycles. The van der Waals surface area contributed by atoms with E-state index in [4.69, 9.17) is 23.2 Å². The average molecular weight is 308 g/mol. The smallest absolute Gasteiger partial charge is 0.255 e. The molecule has 0 aromatic heterocycles. The minimum absolute atomic E-state index is 0.133. The van der Waals surface area contributed by atoms with Gasteiger partial charge >= 0.3 is 0 Å². The highest BCUT2D eigenvalue weighted by molar-refractivity contribution is 6.69. The van der Waals surface area contributed by atoms with Crippen LogP contribution in [0.4, 0.5) is 5.69 Å². The molecule has 2 rings (SSSR count). The van der Waals surface area contributed by atoms with Gasteiger partial charge in [0.15, 0.2) is 0 Å². The fourth-order valence-electron chi connectivity index (χ4n) is 1.76. The van der Waals surface area contributed by atoms with Gasteiger partial charge in [0.2, 0.25) is 0 Å². The van der Waals surface area contributed by atoms with Crippen LogP contribution in [0.5, 0.6) is 0 Å². The van der Waals surface area contributed by atoms with E-state index in [0.717, 1.165) is 5.56 Å². The SMILES string of the molecule is Cc1cccc(C(=O)Nc2cccc(C(=O)Cl)c2Cl)c1. The lowest BCUT2D eigenvalue weighted by Gasteiger charge is -2.09. The Morgan fingerprint density at radius 2 is 1.80 bits per heavy atom. The van der Waals surface area contributed by atoms with Crippen molar-refractivity contribution in [1.29, 1.82) is 0 Å². The van der Waals surface area contributed by atoms with Gasteiger partial charge in [-0.15, -0.1) is 0 Å². The summed E-state index contributed by atoms with van der Waals surface area (Å²) < 4.78 is 0. The van der Waals surface area contributed by atoms with Gasteiger partial charge in [0.25, 0.3) is 11.1 Å². The number of anilines is 1. The largest absolute Gasteiger partial charge is 0.321 e. The van der Waals surface area contributed by atoms with Gasteiger partial charge in [-0.1, -0.05) is 35.4 Å². The van der Waals surface area contributed by atoms with Crippen molar-refractivity contribution >= 4 is 40.0 Å². The summed E-state index contributed by atoms with van der Waals surface area (Å²) in [6.45, 7) is 1.90. The van der Waals surface area contributed by atoms with Gasteiger partial charge in [-0.25, -0.2) is 0 Å². The number of hydrogen-bond acceptors (Lipinski definition) is 2. The molecule has 0 radical (unpaired) electrons. The lowest BCUT2D eigenvalue weighted by Crippen LogP contribution is -2.12. The Balaban J connectivity index is 2.29. The second kappa shape index (κ2) is 6.07. The number of carbonyl (C=O) groups is 2. The first-order valence-electron chi connectivity index (χ1n) is 5.85. The Morgan fingerprint density at radius 1 is 1.10 bits per heavy atom. The summed E-state index contributed by atoms with van der Waals surface area (Å²) in [5, 5.41) is 2.13. The molecule has 20 heavy (non-hydrogen) atoms. The number of nitrogens with one attached hydrogen (secondary N) is 1. The maximum atomic E-state index is 12.1. The lowest BCUT2D eigenvalue weighted by atomic mass is 10.1. The fraction of sp³-hybridized carbons (Fsp3) is 0.0667. The third-order valence-electron chi connectivity index (χ3n) is 2.74. The number of hydrogen-bond donors (Lipinski definition) is 1. The molecule has 0 heterocycles. The highest BCUT2D eigenvalue weighted by Gasteiger charge is 2.14. The molecule has 1 N–H and O–H groups in total. The average Bonchev–Trinajstić information content (AvgIpc) is 2.40. The number of rotatable bonds is 3. The van der Waals surface area contributed by atoms with Crippen molar-refractivity contribution in [3.63, 3.8) is 0 Å². The van der Waals surface area contributed by atoms with Crippen molar-refractivity contribution < 1.29 is 9.59 Å². The Morgan fingerprint density at radius 3 is 2.45 bits per heavy atom. The zero-order valence-corrected chi connectivity index (χ0v) is 12.1. The van der Waals surface area contributed by atoms with E-state index in [2.05, 4.69) is 5.32 Å². The Bertz CT molecular complexity index is 683. The van der Waals surface area contributed by atoms with Crippen molar-refractivity contribution in [2.24, 2.45) is 0 Å². The number of carbonyl (C=O) groups excluding carboxylic acids is 2. The molecule has 0 fully saturated rings. The summed E-state index contributed by atoms with van der Waals surface area (Å²) in [5.41, 5.74) is 2.01. The Kier molecular flexibility index (Phi) is 4.42. The summed E-state index contributed by atoms with van der Waals surface area (Å²) in [5.74, 6) is -0.297. The minimum atomic E-state index is -0.665. The predicted octanol–water partition coefficient (Wildman–Crippen LogP) is 4.28. The van der Waals surface area contributed by atoms with E-state index in [-0.39, 0.29) is 16.5 Å². The molecule has 0 unspecified atom stereocenters. The van der Waals surface area contributed by atoms with E-state index in [1.165, 1.54) is 6.07 Å². The van der Waals surface area contributed by atoms with Gasteiger partial charge in [0.1, 0.15) is 0 Å². The molecule has 0 aliphatic rings. The van der Waals surface area contributed by atoms with Crippen molar-refractivity contribution in [2.75, 3.05) is 5.32 Å². The first kappa shape index (κ1) is 14.6. The van der Waals surface area contributed by atoms with Crippen LogP contribution in [0.1, 0.15) is 26.3 Å². The van der Waals surface area contributed by atoms with Gasteiger partial charge in [0, 0.05) is 5.56 Å². The number of benzene rings is 2. The van der Waals surface area contributed by atoms with E-state index in [1.807, 2.05) is 13.0 Å². The lowest BCUT2D eigenvalue weighted by molar-refractivity contribution is 0.102. The number of halogens is 2. The van der Waals surface area contributed by atoms with Gasteiger partial charge < -0.3 is 5.32 Å². The minimum Gasteiger partial charge on any atom is -0.321 e. The van der Waals surface area contributed by atoms with Crippen molar-refractivity contribution in [1.82, 2.24) is 0 Å². The first-order chi connectivity index (χ1) is 9.49. The van der Waals surface area contributed by atoms with E-state index >= 15 is 0 Å². The summed E-state index contributed by atoms with van der Waals surface area (Å²) in [6.07, 6.45) is 0. The number of amides is 1. The zero-order chi connectivity index (χ0) is 14.7. The van der Waals surface area contributed by atoms with Crippen LogP contribution in [0.15, 0.2) is 42.5 Å². The Hall–Kier alpha value is -1.84. The van der Waals surface area contributed by atoms with Crippen LogP contribution in [-0.4, -0.2) is 11.1 Å². The second-order valence-electron chi connectivity index (χ2n) is 4.26. The molecule has 1 amide bonds. The molecule has 2 aromatic rings. The topological polar surface area (TPSA) is 46.2 Å². The van der Waals surface area contributed by atoms with E-state index in [1.54, 1.807) is 30.3 Å². The normalized spacial score (nSPS) is 10.2. The van der Waals surface area contributed by atoms with E-state index in [9.17, 15) is 9.59 Å². The fourth-order valence-corrected chi connectivity index (χ4v) is 2.23. The maximum absolute atomic E-state index is 12.1. The molecular formula is C15H11Cl2NO2. The molecular weight excluding hydrogens is 297 g/mol. The van der Waals surface area contributed by atoms with Crippen LogP contribution in [0, 0.1) is 6.92 Å². The summed E-state index contributed by atoms with van der Waals surface area (Å²) in [6, 6.07) is 11.9. The first-order valence-corrected chi connectivity index (χ1v) is 6.61. The highest BCUT2D eigenvalue weighted by atomic mass is 35.5. The quantitative estimate of drug-likeness (QED) is 0.860. The third-order valence-corrected chi connectivity index (χ3v) is 3.35. The van der Waals surface area contributed by atoms with Crippen LogP contribution >= 0.6 is 23.2 Å². The Labute approximate surface area is 126 Å². The molecule has 0 aliphatic heterocycles. The molecule has 3 nitrogen and oxygen atoms in total. The van der Waals surface area contributed by atoms with Crippen molar-refractivity contribution in [3.8, 4) is 0 Å². The van der Waals surface area contributed by atoms with Gasteiger partial charge in [-0.3, -0.25) is 9.59 Å². The summed E-state index contributed by atoms with van der Waals surface area (Å²) in [7, 11) is 0. The summed E-state index contributed by atoms with van der Waals surface area (Å²) in [4.78, 5) is 23.3. The standard InChI is InChI=1S/C15H11Cl2NO2/c1-9-4-2-5-10(8-9)15(20)18-12-7-3-6-11(13(12)16)14(17)19/h2-8H,1H3,(H,18,20). The van der Waals surface area contributed by atoms with Crippen LogP contribution in [-0.2, 0) is 0 Å². The molecule has 0 bridgehead atoms. The number of aryl methyl sites for hydroxylation is 1. The second-order valence-corrected chi connectivity index (χ2v) is 4.99. The van der Waals surface area contributed by atoms with E-state index < -0.39 is 5.24 Å². The molecule has 5 heteroatoms. The van der Waals surface area contributed by atoms with E-state index in [0.29, 0.717) is 11.3 Å². The van der Waals surface area contributed by atoms with Gasteiger partial charge in [-0.05, 0) is 42.8 Å². The van der Waals surface area contributed by atoms with Crippen molar-refractivity contribution in [3.05, 3.63) is 64.2 Å². The molecule has 0 atom stereocenters. The third kappa shape index (κ3) is 3.18. The van der Waals surface area contributed by atoms with Gasteiger partial charge in [-0.2, -0.15) is 0 Å². The molecule has 0 spiro atoms. The maximum Gasteiger partial charge on any atom is 0.255 e. The van der Waals surface area contributed by atoms with Gasteiger partial charge in [0.05, 0.1) is 16.3 Å². The monoisotopic (exact) mass is 307 g/mol. The molecule has 102 valence electrons. The molecule has 0 saturated carbocycles. The summed E-state index contributed by atoms with van der Waals surface area (Å²) >= 11 is 11.5. The zero-order valence-electron chi connectivity index (χ0n) is 10.6. The predicted molar refractivity (Wildman–Crippen MR) is 80.8 cm³/mol. The van der Waals surface area contributed by atoms with Crippen LogP contribution < -0.4 is 5.32 Å². The molecule has 2 aromatic carbocycles. The van der Waals surface area contributed by atoms with Crippen LogP contribution in [0.3, 0.4) is 0 Å².